The van der Waals surface area contributed by atoms with Gasteiger partial charge >= 0.3 is 6.09 Å². The van der Waals surface area contributed by atoms with E-state index < -0.39 is 5.60 Å². The van der Waals surface area contributed by atoms with Crippen molar-refractivity contribution in [3.63, 3.8) is 0 Å². The van der Waals surface area contributed by atoms with Crippen molar-refractivity contribution >= 4 is 6.09 Å². The Balaban J connectivity index is 1.64. The zero-order valence-electron chi connectivity index (χ0n) is 17.5. The molecule has 0 bridgehead atoms. The molecule has 1 fully saturated rings. The highest BCUT2D eigenvalue weighted by molar-refractivity contribution is 5.67. The van der Waals surface area contributed by atoms with Crippen LogP contribution < -0.4 is 10.6 Å². The van der Waals surface area contributed by atoms with Gasteiger partial charge in [0.25, 0.3) is 0 Å². The number of nitriles is 1. The van der Waals surface area contributed by atoms with Crippen LogP contribution in [0.2, 0.25) is 0 Å². The van der Waals surface area contributed by atoms with Gasteiger partial charge in [-0.3, -0.25) is 0 Å². The van der Waals surface area contributed by atoms with Gasteiger partial charge in [0.15, 0.2) is 0 Å². The van der Waals surface area contributed by atoms with E-state index in [0.29, 0.717) is 30.9 Å². The number of nitrogens with zero attached hydrogens (tertiary/aromatic N) is 3. The zero-order chi connectivity index (χ0) is 20.6. The summed E-state index contributed by atoms with van der Waals surface area (Å²) in [6.45, 7) is 11.2. The minimum Gasteiger partial charge on any atom is -0.444 e. The van der Waals surface area contributed by atoms with Crippen molar-refractivity contribution in [3.05, 3.63) is 29.6 Å². The molecule has 1 amide bonds. The number of amides is 1. The molecule has 1 aromatic heterocycles. The molecule has 1 atom stereocenters. The summed E-state index contributed by atoms with van der Waals surface area (Å²) >= 11 is 0. The smallest absolute Gasteiger partial charge is 0.407 e. The number of likely N-dealkylation sites (tertiary alicyclic amines) is 1. The molecule has 0 radical (unpaired) electrons. The van der Waals surface area contributed by atoms with Crippen LogP contribution in [0, 0.1) is 11.3 Å². The van der Waals surface area contributed by atoms with Crippen LogP contribution in [-0.4, -0.2) is 53.3 Å². The first-order valence-electron chi connectivity index (χ1n) is 10.1. The first-order valence-corrected chi connectivity index (χ1v) is 10.1. The number of hydrogen-bond acceptors (Lipinski definition) is 6. The van der Waals surface area contributed by atoms with E-state index in [9.17, 15) is 4.79 Å². The van der Waals surface area contributed by atoms with Gasteiger partial charge in [-0.05, 0) is 72.2 Å². The Morgan fingerprint density at radius 2 is 2.11 bits per heavy atom. The predicted molar refractivity (Wildman–Crippen MR) is 109 cm³/mol. The first kappa shape index (κ1) is 22.1. The Hall–Kier alpha value is -2.17. The van der Waals surface area contributed by atoms with Crippen LogP contribution in [0.15, 0.2) is 18.2 Å². The number of aromatic nitrogens is 1. The van der Waals surface area contributed by atoms with Crippen LogP contribution in [0.4, 0.5) is 4.79 Å². The zero-order valence-corrected chi connectivity index (χ0v) is 17.5. The summed E-state index contributed by atoms with van der Waals surface area (Å²) in [6.07, 6.45) is 2.72. The van der Waals surface area contributed by atoms with Gasteiger partial charge in [0.1, 0.15) is 17.4 Å². The van der Waals surface area contributed by atoms with E-state index in [2.05, 4.69) is 33.5 Å². The highest BCUT2D eigenvalue weighted by atomic mass is 16.6. The molecule has 7 nitrogen and oxygen atoms in total. The molecule has 0 aromatic carbocycles. The van der Waals surface area contributed by atoms with Crippen molar-refractivity contribution in [1.82, 2.24) is 20.5 Å². The van der Waals surface area contributed by atoms with Crippen molar-refractivity contribution in [3.8, 4) is 6.07 Å². The fourth-order valence-corrected chi connectivity index (χ4v) is 3.31. The predicted octanol–water partition coefficient (Wildman–Crippen LogP) is 2.81. The third-order valence-electron chi connectivity index (χ3n) is 4.88. The molecule has 1 aliphatic rings. The van der Waals surface area contributed by atoms with Gasteiger partial charge in [-0.15, -0.1) is 0 Å². The fraction of sp³-hybridized carbons (Fsp3) is 0.667. The number of carbonyl (C=O) groups excluding carboxylic acids is 1. The number of carbonyl (C=O) groups is 1. The minimum atomic E-state index is -0.462. The quantitative estimate of drug-likeness (QED) is 0.748. The van der Waals surface area contributed by atoms with Gasteiger partial charge < -0.3 is 20.3 Å². The molecule has 0 aliphatic carbocycles. The van der Waals surface area contributed by atoms with E-state index in [0.717, 1.165) is 38.0 Å². The summed E-state index contributed by atoms with van der Waals surface area (Å²) in [6, 6.07) is 8.51. The summed E-state index contributed by atoms with van der Waals surface area (Å²) in [5.74, 6) is 0. The molecule has 1 aliphatic heterocycles. The number of nitrogens with one attached hydrogen (secondary N) is 2. The highest BCUT2D eigenvalue weighted by Gasteiger charge is 2.23. The van der Waals surface area contributed by atoms with Gasteiger partial charge in [-0.2, -0.15) is 5.26 Å². The van der Waals surface area contributed by atoms with Gasteiger partial charge in [0.05, 0.1) is 5.69 Å². The average molecular weight is 388 g/mol. The molecular weight excluding hydrogens is 354 g/mol. The van der Waals surface area contributed by atoms with Gasteiger partial charge in [-0.25, -0.2) is 9.78 Å². The molecule has 1 saturated heterocycles. The summed E-state index contributed by atoms with van der Waals surface area (Å²) in [5.41, 5.74) is 0.904. The van der Waals surface area contributed by atoms with Crippen molar-refractivity contribution < 1.29 is 9.53 Å². The van der Waals surface area contributed by atoms with E-state index >= 15 is 0 Å². The van der Waals surface area contributed by atoms with Crippen LogP contribution in [0.5, 0.6) is 0 Å². The maximum Gasteiger partial charge on any atom is 0.407 e. The lowest BCUT2D eigenvalue weighted by atomic mass is 10.0. The normalized spacial score (nSPS) is 17.0. The molecule has 1 unspecified atom stereocenters. The molecule has 7 heteroatoms. The number of ether oxygens (including phenoxy) is 1. The van der Waals surface area contributed by atoms with Crippen LogP contribution in [-0.2, 0) is 11.3 Å². The second-order valence-corrected chi connectivity index (χ2v) is 8.38. The van der Waals surface area contributed by atoms with E-state index in [1.807, 2.05) is 32.9 Å². The van der Waals surface area contributed by atoms with Crippen molar-refractivity contribution in [2.45, 2.75) is 71.2 Å². The Labute approximate surface area is 168 Å². The first-order chi connectivity index (χ1) is 13.3. The second-order valence-electron chi connectivity index (χ2n) is 8.38. The van der Waals surface area contributed by atoms with E-state index in [-0.39, 0.29) is 6.09 Å². The molecule has 0 spiro atoms. The van der Waals surface area contributed by atoms with E-state index in [4.69, 9.17) is 10.00 Å². The lowest BCUT2D eigenvalue weighted by molar-refractivity contribution is 0.0520. The lowest BCUT2D eigenvalue weighted by Gasteiger charge is -2.36. The largest absolute Gasteiger partial charge is 0.444 e. The number of hydrogen-bond donors (Lipinski definition) is 2. The monoisotopic (exact) mass is 387 g/mol. The molecular formula is C21H33N5O2. The van der Waals surface area contributed by atoms with E-state index in [1.165, 1.54) is 0 Å². The second kappa shape index (κ2) is 10.4. The third kappa shape index (κ3) is 7.83. The topological polar surface area (TPSA) is 90.3 Å². The maximum absolute atomic E-state index is 11.7. The Morgan fingerprint density at radius 1 is 1.39 bits per heavy atom. The highest BCUT2D eigenvalue weighted by Crippen LogP contribution is 2.15. The summed E-state index contributed by atoms with van der Waals surface area (Å²) in [7, 11) is 0. The number of piperidine rings is 1. The lowest BCUT2D eigenvalue weighted by Crippen LogP contribution is -2.46. The van der Waals surface area contributed by atoms with Crippen molar-refractivity contribution in [2.24, 2.45) is 0 Å². The molecule has 2 rings (SSSR count). The number of alkyl carbamates (subject to hydrolysis) is 1. The van der Waals surface area contributed by atoms with Crippen LogP contribution in [0.25, 0.3) is 0 Å². The van der Waals surface area contributed by atoms with E-state index in [1.54, 1.807) is 6.07 Å². The maximum atomic E-state index is 11.7. The van der Waals surface area contributed by atoms with Gasteiger partial charge in [0.2, 0.25) is 0 Å². The average Bonchev–Trinajstić information content (AvgIpc) is 2.65. The van der Waals surface area contributed by atoms with Crippen molar-refractivity contribution in [2.75, 3.05) is 19.6 Å². The molecule has 2 heterocycles. The fourth-order valence-electron chi connectivity index (χ4n) is 3.31. The van der Waals surface area contributed by atoms with Gasteiger partial charge in [0, 0.05) is 25.2 Å². The standard InChI is InChI=1S/C21H33N5O2/c1-16(8-11-23-20(27)28-21(2,3)4)26-12-9-17(10-13-26)24-15-19-7-5-6-18(14-22)25-19/h5-7,16-17,24H,8-13,15H2,1-4H3,(H,23,27). The van der Waals surface area contributed by atoms with Crippen LogP contribution in [0.1, 0.15) is 58.3 Å². The molecule has 28 heavy (non-hydrogen) atoms. The van der Waals surface area contributed by atoms with Crippen LogP contribution in [0.3, 0.4) is 0 Å². The Morgan fingerprint density at radius 3 is 2.75 bits per heavy atom. The Bertz CT molecular complexity index is 672. The third-order valence-corrected chi connectivity index (χ3v) is 4.88. The summed E-state index contributed by atoms with van der Waals surface area (Å²) in [4.78, 5) is 18.5. The number of rotatable bonds is 7. The number of pyridine rings is 1. The van der Waals surface area contributed by atoms with Crippen LogP contribution >= 0.6 is 0 Å². The molecule has 2 N–H and O–H groups in total. The molecule has 1 aromatic rings. The summed E-state index contributed by atoms with van der Waals surface area (Å²) < 4.78 is 5.26. The minimum absolute atomic E-state index is 0.350. The van der Waals surface area contributed by atoms with Gasteiger partial charge in [-0.1, -0.05) is 6.07 Å². The van der Waals surface area contributed by atoms with Crippen molar-refractivity contribution in [1.29, 1.82) is 5.26 Å². The summed E-state index contributed by atoms with van der Waals surface area (Å²) in [5, 5.41) is 15.3. The SMILES string of the molecule is CC(CCNC(=O)OC(C)(C)C)N1CCC(NCc2cccc(C#N)n2)CC1. The molecule has 0 saturated carbocycles. The molecule has 154 valence electrons. The Kier molecular flexibility index (Phi) is 8.21.